The highest BCUT2D eigenvalue weighted by atomic mass is 16.4. The fourth-order valence-corrected chi connectivity index (χ4v) is 8.89. The van der Waals surface area contributed by atoms with Gasteiger partial charge >= 0.3 is 0 Å². The van der Waals surface area contributed by atoms with E-state index in [0.717, 1.165) is 71.5 Å². The third-order valence-corrected chi connectivity index (χ3v) is 11.6. The first-order valence-corrected chi connectivity index (χ1v) is 19.0. The Bertz CT molecular complexity index is 3420. The van der Waals surface area contributed by atoms with Crippen LogP contribution in [0.3, 0.4) is 0 Å². The van der Waals surface area contributed by atoms with E-state index < -0.39 is 28.7 Å². The largest absolute Gasteiger partial charge is 0.504 e. The fraction of sp³-hybridized carbons (Fsp3) is 0. The molecule has 11 aromatic rings. The van der Waals surface area contributed by atoms with Crippen LogP contribution >= 0.6 is 0 Å². The molecule has 0 aliphatic rings. The number of phenolic OH excluding ortho intramolecular Hbond substituents is 5. The molecule has 10 aromatic carbocycles. The molecular weight excluding hydrogens is 721 g/mol. The minimum atomic E-state index is -0.995. The lowest BCUT2D eigenvalue weighted by atomic mass is 9.85. The normalized spacial score (nSPS) is 11.8. The second-order valence-corrected chi connectivity index (χ2v) is 14.8. The van der Waals surface area contributed by atoms with E-state index in [1.54, 1.807) is 0 Å². The predicted molar refractivity (Wildman–Crippen MR) is 234 cm³/mol. The maximum absolute atomic E-state index is 11.1. The first-order valence-electron chi connectivity index (χ1n) is 19.0. The molecule has 276 valence electrons. The molecule has 11 rings (SSSR count). The van der Waals surface area contributed by atoms with Gasteiger partial charge in [0.05, 0.1) is 5.56 Å². The molecule has 5 N–H and O–H groups in total. The van der Waals surface area contributed by atoms with Gasteiger partial charge in [-0.15, -0.1) is 0 Å². The van der Waals surface area contributed by atoms with E-state index in [-0.39, 0.29) is 5.56 Å². The molecule has 1 aromatic heterocycles. The van der Waals surface area contributed by atoms with Gasteiger partial charge in [-0.2, -0.15) is 0 Å². The molecule has 1 heterocycles. The number of para-hydroxylation sites is 1. The summed E-state index contributed by atoms with van der Waals surface area (Å²) >= 11 is 0. The van der Waals surface area contributed by atoms with Gasteiger partial charge in [0.15, 0.2) is 11.5 Å². The SMILES string of the molecule is Oc1c(O)c(O)c(-c2c3ccccc3c(-c3ccc(-c4ccc5c(c4)cc(-c4ccc6oc7ccccc7c6c4)c4ccccc45)cc3)c3ccccc23)c(O)c1O. The molecule has 0 saturated heterocycles. The second-order valence-electron chi connectivity index (χ2n) is 14.8. The lowest BCUT2D eigenvalue weighted by Gasteiger charge is -2.20. The van der Waals surface area contributed by atoms with Crippen molar-refractivity contribution in [3.8, 4) is 73.3 Å². The van der Waals surface area contributed by atoms with Crippen LogP contribution in [0, 0.1) is 0 Å². The highest BCUT2D eigenvalue weighted by Crippen LogP contribution is 2.57. The lowest BCUT2D eigenvalue weighted by molar-refractivity contribution is 0.330. The molecule has 6 nitrogen and oxygen atoms in total. The summed E-state index contributed by atoms with van der Waals surface area (Å²) in [6.45, 7) is 0. The Balaban J connectivity index is 1.05. The average molecular weight is 753 g/mol. The third-order valence-electron chi connectivity index (χ3n) is 11.6. The van der Waals surface area contributed by atoms with Crippen LogP contribution in [0.5, 0.6) is 28.7 Å². The van der Waals surface area contributed by atoms with Gasteiger partial charge in [-0.3, -0.25) is 0 Å². The van der Waals surface area contributed by atoms with E-state index >= 15 is 0 Å². The Morgan fingerprint density at radius 2 is 0.759 bits per heavy atom. The summed E-state index contributed by atoms with van der Waals surface area (Å²) in [5, 5.41) is 63.2. The summed E-state index contributed by atoms with van der Waals surface area (Å²) in [4.78, 5) is 0. The van der Waals surface area contributed by atoms with Gasteiger partial charge in [-0.25, -0.2) is 0 Å². The average Bonchev–Trinajstić information content (AvgIpc) is 3.65. The zero-order chi connectivity index (χ0) is 39.2. The fourth-order valence-electron chi connectivity index (χ4n) is 8.89. The van der Waals surface area contributed by atoms with Crippen molar-refractivity contribution in [3.05, 3.63) is 164 Å². The first kappa shape index (κ1) is 33.4. The lowest BCUT2D eigenvalue weighted by Crippen LogP contribution is -1.92. The Morgan fingerprint density at radius 1 is 0.276 bits per heavy atom. The summed E-state index contributed by atoms with van der Waals surface area (Å²) in [5.41, 5.74) is 8.32. The zero-order valence-corrected chi connectivity index (χ0v) is 30.7. The van der Waals surface area contributed by atoms with Gasteiger partial charge in [0.2, 0.25) is 17.2 Å². The smallest absolute Gasteiger partial charge is 0.208 e. The first-order chi connectivity index (χ1) is 28.4. The highest BCUT2D eigenvalue weighted by molar-refractivity contribution is 6.23. The number of furan rings is 1. The van der Waals surface area contributed by atoms with Crippen molar-refractivity contribution < 1.29 is 29.9 Å². The Hall–Kier alpha value is -7.96. The van der Waals surface area contributed by atoms with Crippen LogP contribution in [0.1, 0.15) is 0 Å². The van der Waals surface area contributed by atoms with Crippen LogP contribution in [0.2, 0.25) is 0 Å². The van der Waals surface area contributed by atoms with E-state index in [1.807, 2.05) is 66.7 Å². The monoisotopic (exact) mass is 752 g/mol. The third kappa shape index (κ3) is 4.85. The summed E-state index contributed by atoms with van der Waals surface area (Å²) in [6.07, 6.45) is 0. The number of fused-ring (bicyclic) bond motifs is 8. The van der Waals surface area contributed by atoms with Crippen LogP contribution in [-0.2, 0) is 0 Å². The molecule has 0 aliphatic carbocycles. The summed E-state index contributed by atoms with van der Waals surface area (Å²) in [6, 6.07) is 55.8. The zero-order valence-electron chi connectivity index (χ0n) is 30.7. The standard InChI is InChI=1S/C52H32O6/c53-48-47(49(54)51(56)52(57)50(48)55)46-39-14-5-3-12-37(39)45(38-13-4-6-15-40(38)46)29-19-17-28(18-20-29)30-21-23-33-32(25-30)27-41(35-10-2-1-9-34(33)35)31-22-24-44-42(26-31)36-11-7-8-16-43(36)58-44/h1-27,53-57H. The van der Waals surface area contributed by atoms with Crippen molar-refractivity contribution in [1.29, 1.82) is 0 Å². The van der Waals surface area contributed by atoms with E-state index in [1.165, 1.54) is 16.2 Å². The quantitative estimate of drug-likeness (QED) is 0.0529. The minimum absolute atomic E-state index is 0.176. The summed E-state index contributed by atoms with van der Waals surface area (Å²) < 4.78 is 6.15. The van der Waals surface area contributed by atoms with Crippen LogP contribution in [0.4, 0.5) is 0 Å². The molecule has 0 unspecified atom stereocenters. The topological polar surface area (TPSA) is 114 Å². The molecule has 0 amide bonds. The van der Waals surface area contributed by atoms with Crippen molar-refractivity contribution >= 4 is 65.0 Å². The van der Waals surface area contributed by atoms with Crippen LogP contribution in [0.15, 0.2) is 168 Å². The number of hydrogen-bond acceptors (Lipinski definition) is 6. The van der Waals surface area contributed by atoms with Gasteiger partial charge in [0.1, 0.15) is 11.2 Å². The predicted octanol–water partition coefficient (Wildman–Crippen LogP) is 13.4. The molecule has 0 spiro atoms. The van der Waals surface area contributed by atoms with Gasteiger partial charge in [-0.1, -0.05) is 133 Å². The minimum Gasteiger partial charge on any atom is -0.504 e. The van der Waals surface area contributed by atoms with Crippen LogP contribution in [0.25, 0.3) is 110 Å². The van der Waals surface area contributed by atoms with Crippen molar-refractivity contribution in [2.24, 2.45) is 0 Å². The number of aromatic hydroxyl groups is 5. The Morgan fingerprint density at radius 3 is 1.41 bits per heavy atom. The van der Waals surface area contributed by atoms with E-state index in [9.17, 15) is 25.5 Å². The Labute approximate surface area is 331 Å². The summed E-state index contributed by atoms with van der Waals surface area (Å²) in [5.74, 6) is -4.29. The molecule has 0 aliphatic heterocycles. The number of phenols is 5. The Kier molecular flexibility index (Phi) is 7.21. The molecule has 0 radical (unpaired) electrons. The van der Waals surface area contributed by atoms with Crippen LogP contribution < -0.4 is 0 Å². The van der Waals surface area contributed by atoms with Gasteiger partial charge in [0.25, 0.3) is 0 Å². The molecule has 0 saturated carbocycles. The highest BCUT2D eigenvalue weighted by Gasteiger charge is 2.28. The molecular formula is C52H32O6. The number of rotatable bonds is 4. The number of hydrogen-bond donors (Lipinski definition) is 5. The van der Waals surface area contributed by atoms with Gasteiger partial charge in [-0.05, 0) is 107 Å². The molecule has 0 fully saturated rings. The molecule has 58 heavy (non-hydrogen) atoms. The second kappa shape index (κ2) is 12.5. The molecule has 6 heteroatoms. The maximum Gasteiger partial charge on any atom is 0.208 e. The number of benzene rings is 10. The van der Waals surface area contributed by atoms with E-state index in [4.69, 9.17) is 4.42 Å². The van der Waals surface area contributed by atoms with Crippen molar-refractivity contribution in [1.82, 2.24) is 0 Å². The maximum atomic E-state index is 11.1. The van der Waals surface area contributed by atoms with Crippen molar-refractivity contribution in [2.45, 2.75) is 0 Å². The molecule has 0 atom stereocenters. The van der Waals surface area contributed by atoms with Crippen LogP contribution in [-0.4, -0.2) is 25.5 Å². The van der Waals surface area contributed by atoms with Gasteiger partial charge in [0, 0.05) is 16.3 Å². The summed E-state index contributed by atoms with van der Waals surface area (Å²) in [7, 11) is 0. The van der Waals surface area contributed by atoms with Crippen molar-refractivity contribution in [3.63, 3.8) is 0 Å². The molecule has 0 bridgehead atoms. The van der Waals surface area contributed by atoms with Gasteiger partial charge < -0.3 is 29.9 Å². The van der Waals surface area contributed by atoms with E-state index in [0.29, 0.717) is 16.3 Å². The van der Waals surface area contributed by atoms with Crippen molar-refractivity contribution in [2.75, 3.05) is 0 Å². The van der Waals surface area contributed by atoms with E-state index in [2.05, 4.69) is 97.1 Å².